The van der Waals surface area contributed by atoms with Gasteiger partial charge in [-0.25, -0.2) is 9.97 Å². The molecular weight excluding hydrogens is 314 g/mol. The molecule has 1 atom stereocenters. The van der Waals surface area contributed by atoms with Crippen LogP contribution in [0.4, 0.5) is 5.69 Å². The summed E-state index contributed by atoms with van der Waals surface area (Å²) in [5, 5.41) is 1.09. The lowest BCUT2D eigenvalue weighted by Gasteiger charge is -2.38. The summed E-state index contributed by atoms with van der Waals surface area (Å²) in [5.74, 6) is 0.222. The molecule has 2 fully saturated rings. The lowest BCUT2D eigenvalue weighted by Crippen LogP contribution is -2.51. The van der Waals surface area contributed by atoms with Crippen molar-refractivity contribution in [2.75, 3.05) is 44.2 Å². The van der Waals surface area contributed by atoms with Crippen molar-refractivity contribution in [1.82, 2.24) is 19.8 Å². The Morgan fingerprint density at radius 2 is 2.04 bits per heavy atom. The van der Waals surface area contributed by atoms with Gasteiger partial charge in [0.25, 0.3) is 0 Å². The molecule has 6 nitrogen and oxygen atoms in total. The number of anilines is 1. The smallest absolute Gasteiger partial charge is 0.219 e. The van der Waals surface area contributed by atoms with E-state index in [0.29, 0.717) is 6.04 Å². The monoisotopic (exact) mass is 339 g/mol. The molecule has 1 unspecified atom stereocenters. The third-order valence-electron chi connectivity index (χ3n) is 5.48. The van der Waals surface area contributed by atoms with Crippen molar-refractivity contribution in [2.24, 2.45) is 0 Å². The van der Waals surface area contributed by atoms with Crippen molar-refractivity contribution in [2.45, 2.75) is 25.8 Å². The standard InChI is InChI=1S/C19H25N5O/c1-15(25)24-6-2-3-18(24)13-22-7-9-23(10-8-22)17-4-5-19-16(11-17)12-20-14-21-19/h4-5,11-12,14,18H,2-3,6-10,13H2,1H3. The number of nitrogens with zero attached hydrogens (tertiary/aromatic N) is 5. The number of fused-ring (bicyclic) bond motifs is 1. The number of carbonyl (C=O) groups is 1. The summed E-state index contributed by atoms with van der Waals surface area (Å²) in [6, 6.07) is 6.81. The van der Waals surface area contributed by atoms with Gasteiger partial charge >= 0.3 is 0 Å². The van der Waals surface area contributed by atoms with E-state index in [1.807, 2.05) is 6.20 Å². The molecule has 0 saturated carbocycles. The van der Waals surface area contributed by atoms with Crippen LogP contribution in [0.2, 0.25) is 0 Å². The molecule has 132 valence electrons. The number of rotatable bonds is 3. The highest BCUT2D eigenvalue weighted by Gasteiger charge is 2.29. The zero-order chi connectivity index (χ0) is 17.2. The van der Waals surface area contributed by atoms with E-state index < -0.39 is 0 Å². The third-order valence-corrected chi connectivity index (χ3v) is 5.48. The molecule has 2 aliphatic heterocycles. The molecule has 0 aliphatic carbocycles. The molecule has 0 N–H and O–H groups in total. The molecule has 0 radical (unpaired) electrons. The minimum Gasteiger partial charge on any atom is -0.369 e. The highest BCUT2D eigenvalue weighted by atomic mass is 16.2. The van der Waals surface area contributed by atoms with Gasteiger partial charge in [-0.1, -0.05) is 0 Å². The molecule has 1 aromatic carbocycles. The first-order chi connectivity index (χ1) is 12.2. The second-order valence-electron chi connectivity index (χ2n) is 7.06. The Bertz CT molecular complexity index is 756. The summed E-state index contributed by atoms with van der Waals surface area (Å²) in [6.45, 7) is 7.77. The van der Waals surface area contributed by atoms with Gasteiger partial charge in [-0.15, -0.1) is 0 Å². The van der Waals surface area contributed by atoms with Gasteiger partial charge in [-0.3, -0.25) is 9.69 Å². The fourth-order valence-corrected chi connectivity index (χ4v) is 4.10. The molecule has 3 heterocycles. The molecule has 4 rings (SSSR count). The van der Waals surface area contributed by atoms with Gasteiger partial charge in [0.05, 0.1) is 5.52 Å². The van der Waals surface area contributed by atoms with Crippen LogP contribution in [0.25, 0.3) is 10.9 Å². The van der Waals surface area contributed by atoms with E-state index in [4.69, 9.17) is 0 Å². The topological polar surface area (TPSA) is 52.6 Å². The van der Waals surface area contributed by atoms with Crippen LogP contribution in [0.15, 0.2) is 30.7 Å². The Balaban J connectivity index is 1.37. The van der Waals surface area contributed by atoms with E-state index in [2.05, 4.69) is 42.9 Å². The van der Waals surface area contributed by atoms with E-state index >= 15 is 0 Å². The molecule has 2 aromatic rings. The van der Waals surface area contributed by atoms with E-state index in [-0.39, 0.29) is 5.91 Å². The first-order valence-corrected chi connectivity index (χ1v) is 9.15. The predicted molar refractivity (Wildman–Crippen MR) is 98.6 cm³/mol. The SMILES string of the molecule is CC(=O)N1CCCC1CN1CCN(c2ccc3ncncc3c2)CC1. The summed E-state index contributed by atoms with van der Waals surface area (Å²) in [7, 11) is 0. The highest BCUT2D eigenvalue weighted by Crippen LogP contribution is 2.23. The van der Waals surface area contributed by atoms with Gasteiger partial charge in [0.2, 0.25) is 5.91 Å². The summed E-state index contributed by atoms with van der Waals surface area (Å²) in [6.07, 6.45) is 5.75. The summed E-state index contributed by atoms with van der Waals surface area (Å²) >= 11 is 0. The van der Waals surface area contributed by atoms with Crippen LogP contribution < -0.4 is 4.90 Å². The quantitative estimate of drug-likeness (QED) is 0.853. The number of piperazine rings is 1. The molecule has 1 aromatic heterocycles. The third kappa shape index (κ3) is 3.44. The first-order valence-electron chi connectivity index (χ1n) is 9.15. The maximum atomic E-state index is 11.7. The Morgan fingerprint density at radius 1 is 1.20 bits per heavy atom. The first kappa shape index (κ1) is 16.3. The molecule has 2 aliphatic rings. The summed E-state index contributed by atoms with van der Waals surface area (Å²) in [4.78, 5) is 27.1. The van der Waals surface area contributed by atoms with E-state index in [1.54, 1.807) is 13.3 Å². The number of aromatic nitrogens is 2. The van der Waals surface area contributed by atoms with E-state index in [1.165, 1.54) is 5.69 Å². The van der Waals surface area contributed by atoms with Crippen LogP contribution in [0.3, 0.4) is 0 Å². The minimum atomic E-state index is 0.222. The van der Waals surface area contributed by atoms with Gasteiger partial charge in [-0.2, -0.15) is 0 Å². The Labute approximate surface area is 148 Å². The maximum Gasteiger partial charge on any atom is 0.219 e. The van der Waals surface area contributed by atoms with E-state index in [0.717, 1.165) is 63.0 Å². The molecular formula is C19H25N5O. The predicted octanol–water partition coefficient (Wildman–Crippen LogP) is 1.76. The number of benzene rings is 1. The van der Waals surface area contributed by atoms with Crippen molar-refractivity contribution in [1.29, 1.82) is 0 Å². The molecule has 0 bridgehead atoms. The fourth-order valence-electron chi connectivity index (χ4n) is 4.10. The second-order valence-corrected chi connectivity index (χ2v) is 7.06. The molecule has 6 heteroatoms. The van der Waals surface area contributed by atoms with Crippen molar-refractivity contribution < 1.29 is 4.79 Å². The normalized spacial score (nSPS) is 21.9. The molecule has 2 saturated heterocycles. The minimum absolute atomic E-state index is 0.222. The molecule has 1 amide bonds. The van der Waals surface area contributed by atoms with Gasteiger partial charge in [-0.05, 0) is 31.0 Å². The van der Waals surface area contributed by atoms with Gasteiger partial charge in [0.1, 0.15) is 6.33 Å². The van der Waals surface area contributed by atoms with Gasteiger partial charge in [0, 0.05) is 69.5 Å². The van der Waals surface area contributed by atoms with Crippen LogP contribution >= 0.6 is 0 Å². The lowest BCUT2D eigenvalue weighted by molar-refractivity contribution is -0.129. The number of hydrogen-bond acceptors (Lipinski definition) is 5. The van der Waals surface area contributed by atoms with Crippen LogP contribution in [0.1, 0.15) is 19.8 Å². The number of amides is 1. The van der Waals surface area contributed by atoms with E-state index in [9.17, 15) is 4.79 Å². The maximum absolute atomic E-state index is 11.7. The average Bonchev–Trinajstić information content (AvgIpc) is 3.10. The van der Waals surface area contributed by atoms with Crippen LogP contribution in [-0.2, 0) is 4.79 Å². The number of likely N-dealkylation sites (tertiary alicyclic amines) is 1. The zero-order valence-corrected chi connectivity index (χ0v) is 14.8. The van der Waals surface area contributed by atoms with Crippen molar-refractivity contribution in [3.63, 3.8) is 0 Å². The van der Waals surface area contributed by atoms with Crippen LogP contribution in [-0.4, -0.2) is 71.0 Å². The van der Waals surface area contributed by atoms with Crippen LogP contribution in [0.5, 0.6) is 0 Å². The molecule has 0 spiro atoms. The van der Waals surface area contributed by atoms with Crippen molar-refractivity contribution >= 4 is 22.5 Å². The average molecular weight is 339 g/mol. The fraction of sp³-hybridized carbons (Fsp3) is 0.526. The summed E-state index contributed by atoms with van der Waals surface area (Å²) < 4.78 is 0. The Kier molecular flexibility index (Phi) is 4.53. The largest absolute Gasteiger partial charge is 0.369 e. The van der Waals surface area contributed by atoms with Gasteiger partial charge < -0.3 is 9.80 Å². The zero-order valence-electron chi connectivity index (χ0n) is 14.8. The molecule has 25 heavy (non-hydrogen) atoms. The number of carbonyl (C=O) groups excluding carboxylic acids is 1. The Morgan fingerprint density at radius 3 is 2.84 bits per heavy atom. The lowest BCUT2D eigenvalue weighted by atomic mass is 10.1. The van der Waals surface area contributed by atoms with Crippen molar-refractivity contribution in [3.05, 3.63) is 30.7 Å². The number of hydrogen-bond donors (Lipinski definition) is 0. The Hall–Kier alpha value is -2.21. The van der Waals surface area contributed by atoms with Crippen LogP contribution in [0, 0.1) is 0 Å². The van der Waals surface area contributed by atoms with Crippen molar-refractivity contribution in [3.8, 4) is 0 Å². The second kappa shape index (κ2) is 6.96. The highest BCUT2D eigenvalue weighted by molar-refractivity contribution is 5.81. The summed E-state index contributed by atoms with van der Waals surface area (Å²) in [5.41, 5.74) is 2.23. The van der Waals surface area contributed by atoms with Gasteiger partial charge in [0.15, 0.2) is 0 Å².